The maximum atomic E-state index is 6.05. The van der Waals surface area contributed by atoms with E-state index in [0.717, 1.165) is 31.5 Å². The van der Waals surface area contributed by atoms with E-state index in [2.05, 4.69) is 36.8 Å². The first-order chi connectivity index (χ1) is 9.61. The number of fused-ring (bicyclic) bond motifs is 1. The van der Waals surface area contributed by atoms with Gasteiger partial charge in [0.05, 0.1) is 22.6 Å². The first kappa shape index (κ1) is 14.4. The average Bonchev–Trinajstić information content (AvgIpc) is 2.76. The second-order valence-electron chi connectivity index (χ2n) is 4.20. The van der Waals surface area contributed by atoms with Gasteiger partial charge in [-0.15, -0.1) is 11.6 Å². The van der Waals surface area contributed by atoms with Gasteiger partial charge in [0.2, 0.25) is 0 Å². The maximum Gasteiger partial charge on any atom is 0.129 e. The zero-order valence-electron chi connectivity index (χ0n) is 10.1. The van der Waals surface area contributed by atoms with Gasteiger partial charge in [-0.05, 0) is 62.2 Å². The molecule has 0 aliphatic heterocycles. The normalized spacial score (nSPS) is 11.2. The quantitative estimate of drug-likeness (QED) is 0.456. The predicted octanol–water partition coefficient (Wildman–Crippen LogP) is 5.94. The van der Waals surface area contributed by atoms with Crippen LogP contribution in [0.5, 0.6) is 0 Å². The Hall–Kier alpha value is -0.550. The summed E-state index contributed by atoms with van der Waals surface area (Å²) in [7, 11) is 0. The second kappa shape index (κ2) is 5.68. The van der Waals surface area contributed by atoms with Crippen molar-refractivity contribution in [2.45, 2.75) is 5.88 Å². The number of imidazole rings is 1. The van der Waals surface area contributed by atoms with Crippen LogP contribution >= 0.6 is 55.1 Å². The van der Waals surface area contributed by atoms with Gasteiger partial charge in [0, 0.05) is 14.0 Å². The molecule has 0 amide bonds. The molecule has 1 aromatic heterocycles. The Morgan fingerprint density at radius 1 is 1.10 bits per heavy atom. The van der Waals surface area contributed by atoms with Crippen molar-refractivity contribution in [1.29, 1.82) is 0 Å². The molecule has 0 fully saturated rings. The lowest BCUT2D eigenvalue weighted by Crippen LogP contribution is -2.01. The molecule has 6 heteroatoms. The molecule has 0 bridgehead atoms. The van der Waals surface area contributed by atoms with Crippen molar-refractivity contribution < 1.29 is 0 Å². The van der Waals surface area contributed by atoms with Crippen molar-refractivity contribution in [1.82, 2.24) is 9.55 Å². The lowest BCUT2D eigenvalue weighted by Gasteiger charge is -2.12. The molecule has 3 rings (SSSR count). The van der Waals surface area contributed by atoms with Crippen LogP contribution < -0.4 is 0 Å². The molecule has 0 atom stereocenters. The third-order valence-electron chi connectivity index (χ3n) is 2.97. The number of nitrogens with zero attached hydrogens (tertiary/aromatic N) is 2. The highest BCUT2D eigenvalue weighted by Gasteiger charge is 2.16. The first-order valence-electron chi connectivity index (χ1n) is 5.79. The van der Waals surface area contributed by atoms with Crippen LogP contribution in [0.1, 0.15) is 5.82 Å². The summed E-state index contributed by atoms with van der Waals surface area (Å²) < 4.78 is 3.97. The highest BCUT2D eigenvalue weighted by molar-refractivity contribution is 9.11. The fourth-order valence-electron chi connectivity index (χ4n) is 2.15. The van der Waals surface area contributed by atoms with Gasteiger partial charge in [0.1, 0.15) is 5.82 Å². The number of rotatable bonds is 2. The third-order valence-corrected chi connectivity index (χ3v) is 4.72. The monoisotopic (exact) mass is 432 g/mol. The summed E-state index contributed by atoms with van der Waals surface area (Å²) in [6.07, 6.45) is 0. The molecule has 0 radical (unpaired) electrons. The smallest absolute Gasteiger partial charge is 0.129 e. The largest absolute Gasteiger partial charge is 0.293 e. The molecule has 2 nitrogen and oxygen atoms in total. The molecule has 1 heterocycles. The number of benzene rings is 2. The summed E-state index contributed by atoms with van der Waals surface area (Å²) in [6, 6.07) is 11.6. The lowest BCUT2D eigenvalue weighted by molar-refractivity contribution is 0.972. The molecule has 0 aliphatic rings. The number of hydrogen-bond donors (Lipinski definition) is 0. The second-order valence-corrected chi connectivity index (χ2v) is 6.61. The molecule has 0 N–H and O–H groups in total. The first-order valence-corrected chi connectivity index (χ1v) is 8.29. The minimum Gasteiger partial charge on any atom is -0.293 e. The van der Waals surface area contributed by atoms with E-state index in [4.69, 9.17) is 23.2 Å². The lowest BCUT2D eigenvalue weighted by atomic mass is 10.3. The van der Waals surface area contributed by atoms with Gasteiger partial charge in [-0.25, -0.2) is 4.98 Å². The Morgan fingerprint density at radius 3 is 2.45 bits per heavy atom. The number of hydrogen-bond acceptors (Lipinski definition) is 1. The van der Waals surface area contributed by atoms with Crippen LogP contribution in [0.3, 0.4) is 0 Å². The van der Waals surface area contributed by atoms with Gasteiger partial charge >= 0.3 is 0 Å². The molecule has 3 aromatic rings. The maximum absolute atomic E-state index is 6.05. The fraction of sp³-hybridized carbons (Fsp3) is 0.0714. The van der Waals surface area contributed by atoms with E-state index in [1.165, 1.54) is 0 Å². The Bertz CT molecular complexity index is 779. The molecule has 102 valence electrons. The van der Waals surface area contributed by atoms with Crippen LogP contribution in [0.2, 0.25) is 5.02 Å². The molecule has 0 aliphatic carbocycles. The average molecular weight is 435 g/mol. The van der Waals surface area contributed by atoms with E-state index < -0.39 is 0 Å². The van der Waals surface area contributed by atoms with Crippen LogP contribution in [-0.4, -0.2) is 9.55 Å². The van der Waals surface area contributed by atoms with E-state index in [0.29, 0.717) is 10.9 Å². The molecule has 0 saturated heterocycles. The van der Waals surface area contributed by atoms with Gasteiger partial charge in [-0.3, -0.25) is 4.57 Å². The van der Waals surface area contributed by atoms with Gasteiger partial charge in [0.25, 0.3) is 0 Å². The van der Waals surface area contributed by atoms with Crippen LogP contribution in [0.4, 0.5) is 0 Å². The standard InChI is InChI=1S/C14H8Br2Cl2N2/c15-9-2-1-3-10(16)14(9)20-12-5-4-8(18)6-11(12)19-13(20)7-17/h1-6H,7H2. The van der Waals surface area contributed by atoms with Crippen molar-refractivity contribution in [2.75, 3.05) is 0 Å². The van der Waals surface area contributed by atoms with E-state index in [1.54, 1.807) is 0 Å². The van der Waals surface area contributed by atoms with Gasteiger partial charge in [0.15, 0.2) is 0 Å². The van der Waals surface area contributed by atoms with Crippen LogP contribution in [0.15, 0.2) is 45.3 Å². The predicted molar refractivity (Wildman–Crippen MR) is 91.0 cm³/mol. The Morgan fingerprint density at radius 2 is 1.80 bits per heavy atom. The molecule has 2 aromatic carbocycles. The van der Waals surface area contributed by atoms with Gasteiger partial charge < -0.3 is 0 Å². The van der Waals surface area contributed by atoms with E-state index in [9.17, 15) is 0 Å². The van der Waals surface area contributed by atoms with Crippen molar-refractivity contribution >= 4 is 66.1 Å². The van der Waals surface area contributed by atoms with Crippen molar-refractivity contribution in [3.8, 4) is 5.69 Å². The van der Waals surface area contributed by atoms with Crippen molar-refractivity contribution in [3.05, 3.63) is 56.2 Å². The number of alkyl halides is 1. The van der Waals surface area contributed by atoms with Crippen LogP contribution in [-0.2, 0) is 5.88 Å². The molecular formula is C14H8Br2Cl2N2. The van der Waals surface area contributed by atoms with Gasteiger partial charge in [-0.1, -0.05) is 17.7 Å². The highest BCUT2D eigenvalue weighted by atomic mass is 79.9. The molecular weight excluding hydrogens is 427 g/mol. The van der Waals surface area contributed by atoms with E-state index in [1.807, 2.05) is 41.0 Å². The van der Waals surface area contributed by atoms with E-state index >= 15 is 0 Å². The van der Waals surface area contributed by atoms with Crippen LogP contribution in [0, 0.1) is 0 Å². The van der Waals surface area contributed by atoms with Crippen LogP contribution in [0.25, 0.3) is 16.7 Å². The molecule has 0 spiro atoms. The summed E-state index contributed by atoms with van der Waals surface area (Å²) >= 11 is 19.3. The zero-order chi connectivity index (χ0) is 14.3. The minimum absolute atomic E-state index is 0.320. The minimum atomic E-state index is 0.320. The zero-order valence-corrected chi connectivity index (χ0v) is 14.8. The number of aromatic nitrogens is 2. The molecule has 0 saturated carbocycles. The van der Waals surface area contributed by atoms with E-state index in [-0.39, 0.29) is 0 Å². The molecule has 0 unspecified atom stereocenters. The number of para-hydroxylation sites is 1. The summed E-state index contributed by atoms with van der Waals surface area (Å²) in [6.45, 7) is 0. The topological polar surface area (TPSA) is 17.8 Å². The summed E-state index contributed by atoms with van der Waals surface area (Å²) in [4.78, 5) is 4.56. The molecule has 20 heavy (non-hydrogen) atoms. The Labute approximate surface area is 143 Å². The van der Waals surface area contributed by atoms with Crippen molar-refractivity contribution in [2.24, 2.45) is 0 Å². The summed E-state index contributed by atoms with van der Waals surface area (Å²) in [5.74, 6) is 1.09. The Balaban J connectivity index is 2.40. The summed E-state index contributed by atoms with van der Waals surface area (Å²) in [5, 5.41) is 0.662. The van der Waals surface area contributed by atoms with Gasteiger partial charge in [-0.2, -0.15) is 0 Å². The Kier molecular flexibility index (Phi) is 4.09. The SMILES string of the molecule is ClCc1nc2cc(Cl)ccc2n1-c1c(Br)cccc1Br. The number of halogens is 4. The fourth-order valence-corrected chi connectivity index (χ4v) is 3.84. The van der Waals surface area contributed by atoms with Crippen molar-refractivity contribution in [3.63, 3.8) is 0 Å². The third kappa shape index (κ3) is 2.39. The highest BCUT2D eigenvalue weighted by Crippen LogP contribution is 2.34. The summed E-state index contributed by atoms with van der Waals surface area (Å²) in [5.41, 5.74) is 2.78.